The topological polar surface area (TPSA) is 135 Å². The zero-order chi connectivity index (χ0) is 26.4. The average molecular weight is 532 g/mol. The number of esters is 2. The van der Waals surface area contributed by atoms with Gasteiger partial charge in [0, 0.05) is 11.6 Å². The molecule has 2 N–H and O–H groups in total. The largest absolute Gasteiger partial charge is 0.468 e. The van der Waals surface area contributed by atoms with Crippen molar-refractivity contribution < 1.29 is 33.0 Å². The number of halogens is 2. The van der Waals surface area contributed by atoms with Crippen molar-refractivity contribution in [2.45, 2.75) is 5.92 Å². The van der Waals surface area contributed by atoms with Gasteiger partial charge in [-0.15, -0.1) is 0 Å². The highest BCUT2D eigenvalue weighted by Gasteiger charge is 2.44. The molecule has 12 heteroatoms. The fourth-order valence-electron chi connectivity index (χ4n) is 3.53. The Kier molecular flexibility index (Phi) is 8.68. The van der Waals surface area contributed by atoms with E-state index in [4.69, 9.17) is 16.3 Å². The molecule has 1 aliphatic rings. The minimum atomic E-state index is -1.37. The molecule has 0 unspecified atom stereocenters. The van der Waals surface area contributed by atoms with Gasteiger partial charge in [0.05, 0.1) is 47.2 Å². The number of rotatable bonds is 7. The van der Waals surface area contributed by atoms with Crippen LogP contribution in [-0.2, 0) is 23.9 Å². The number of nitriles is 1. The summed E-state index contributed by atoms with van der Waals surface area (Å²) < 4.78 is 22.8. The minimum Gasteiger partial charge on any atom is -0.468 e. The molecule has 36 heavy (non-hydrogen) atoms. The first-order valence-corrected chi connectivity index (χ1v) is 11.7. The Labute approximate surface area is 214 Å². The molecule has 1 aliphatic heterocycles. The molecule has 186 valence electrons. The smallest absolute Gasteiger partial charge is 0.337 e. The van der Waals surface area contributed by atoms with Crippen molar-refractivity contribution in [3.05, 3.63) is 75.0 Å². The number of hydrogen-bond acceptors (Lipinski definition) is 8. The molecule has 2 atom stereocenters. The number of amides is 2. The molecule has 0 fully saturated rings. The van der Waals surface area contributed by atoms with Crippen LogP contribution in [0.15, 0.2) is 53.1 Å². The van der Waals surface area contributed by atoms with Crippen LogP contribution in [0.2, 0.25) is 5.02 Å². The van der Waals surface area contributed by atoms with Crippen LogP contribution in [0.5, 0.6) is 0 Å². The molecule has 3 rings (SSSR count). The van der Waals surface area contributed by atoms with Gasteiger partial charge in [0.2, 0.25) is 11.8 Å². The first-order chi connectivity index (χ1) is 17.2. The highest BCUT2D eigenvalue weighted by molar-refractivity contribution is 8.03. The summed E-state index contributed by atoms with van der Waals surface area (Å²) in [5, 5.41) is 14.9. The zero-order valence-corrected chi connectivity index (χ0v) is 20.5. The van der Waals surface area contributed by atoms with Gasteiger partial charge in [-0.1, -0.05) is 35.5 Å². The molecular weight excluding hydrogens is 513 g/mol. The van der Waals surface area contributed by atoms with E-state index in [-0.39, 0.29) is 32.6 Å². The Morgan fingerprint density at radius 1 is 1.17 bits per heavy atom. The SMILES string of the molecule is COC(=O)c1ccc([C@H]2C(C#N)=C(SCC(=O)Nc3ccc(F)c(Cl)c3)NC(=O)[C@H]2C(=O)OC)cc1. The number of carbonyl (C=O) groups excluding carboxylic acids is 4. The Morgan fingerprint density at radius 2 is 1.86 bits per heavy atom. The molecule has 0 bridgehead atoms. The summed E-state index contributed by atoms with van der Waals surface area (Å²) in [4.78, 5) is 49.6. The lowest BCUT2D eigenvalue weighted by Crippen LogP contribution is -2.44. The summed E-state index contributed by atoms with van der Waals surface area (Å²) in [5.74, 6) is -5.88. The quantitative estimate of drug-likeness (QED) is 0.410. The van der Waals surface area contributed by atoms with Crippen molar-refractivity contribution in [1.82, 2.24) is 5.32 Å². The van der Waals surface area contributed by atoms with E-state index in [0.29, 0.717) is 5.56 Å². The lowest BCUT2D eigenvalue weighted by molar-refractivity contribution is -0.150. The first kappa shape index (κ1) is 26.7. The standard InChI is InChI=1S/C24H19ClFN3O6S/c1-34-23(32)13-5-3-12(4-6-13)19-15(10-27)22(29-21(31)20(19)24(33)35-2)36-11-18(30)28-14-7-8-17(26)16(25)9-14/h3-9,19-20H,11H2,1-2H3,(H,28,30)(H,29,31)/t19-,20-/m0/s1. The highest BCUT2D eigenvalue weighted by atomic mass is 35.5. The number of carbonyl (C=O) groups is 4. The molecular formula is C24H19ClFN3O6S. The maximum absolute atomic E-state index is 13.3. The molecule has 0 radical (unpaired) electrons. The van der Waals surface area contributed by atoms with Gasteiger partial charge in [0.15, 0.2) is 0 Å². The predicted octanol–water partition coefficient (Wildman–Crippen LogP) is 3.38. The normalized spacial score (nSPS) is 17.0. The molecule has 0 spiro atoms. The lowest BCUT2D eigenvalue weighted by Gasteiger charge is -2.31. The zero-order valence-electron chi connectivity index (χ0n) is 19.0. The van der Waals surface area contributed by atoms with Gasteiger partial charge in [-0.2, -0.15) is 5.26 Å². The second kappa shape index (κ2) is 11.7. The molecule has 2 aromatic carbocycles. The third-order valence-corrected chi connectivity index (χ3v) is 6.53. The lowest BCUT2D eigenvalue weighted by atomic mass is 9.78. The Hall–Kier alpha value is -3.88. The monoisotopic (exact) mass is 531 g/mol. The van der Waals surface area contributed by atoms with E-state index in [0.717, 1.165) is 24.9 Å². The van der Waals surface area contributed by atoms with Crippen LogP contribution < -0.4 is 10.6 Å². The number of benzene rings is 2. The number of thioether (sulfide) groups is 1. The van der Waals surface area contributed by atoms with Crippen LogP contribution in [0.4, 0.5) is 10.1 Å². The Balaban J connectivity index is 1.90. The second-order valence-electron chi connectivity index (χ2n) is 7.40. The number of ether oxygens (including phenoxy) is 2. The van der Waals surface area contributed by atoms with E-state index in [9.17, 15) is 28.8 Å². The molecule has 0 saturated carbocycles. The predicted molar refractivity (Wildman–Crippen MR) is 129 cm³/mol. The number of hydrogen-bond donors (Lipinski definition) is 2. The summed E-state index contributed by atoms with van der Waals surface area (Å²) >= 11 is 6.60. The number of allylic oxidation sites excluding steroid dienone is 1. The van der Waals surface area contributed by atoms with Crippen LogP contribution in [0.25, 0.3) is 0 Å². The van der Waals surface area contributed by atoms with Crippen molar-refractivity contribution in [3.63, 3.8) is 0 Å². The summed E-state index contributed by atoms with van der Waals surface area (Å²) in [6.07, 6.45) is 0. The van der Waals surface area contributed by atoms with Crippen LogP contribution in [0, 0.1) is 23.1 Å². The number of nitrogens with zero attached hydrogens (tertiary/aromatic N) is 1. The van der Waals surface area contributed by atoms with Crippen molar-refractivity contribution in [1.29, 1.82) is 5.26 Å². The molecule has 0 saturated heterocycles. The van der Waals surface area contributed by atoms with E-state index in [1.54, 1.807) is 0 Å². The van der Waals surface area contributed by atoms with Crippen LogP contribution in [0.3, 0.4) is 0 Å². The number of nitrogens with one attached hydrogen (secondary N) is 2. The third-order valence-electron chi connectivity index (χ3n) is 5.23. The summed E-state index contributed by atoms with van der Waals surface area (Å²) in [7, 11) is 2.36. The highest BCUT2D eigenvalue weighted by Crippen LogP contribution is 2.40. The summed E-state index contributed by atoms with van der Waals surface area (Å²) in [6, 6.07) is 11.6. The van der Waals surface area contributed by atoms with Crippen LogP contribution >= 0.6 is 23.4 Å². The van der Waals surface area contributed by atoms with Crippen LogP contribution in [0.1, 0.15) is 21.8 Å². The van der Waals surface area contributed by atoms with Crippen molar-refractivity contribution in [2.24, 2.45) is 5.92 Å². The average Bonchev–Trinajstić information content (AvgIpc) is 2.88. The maximum atomic E-state index is 13.3. The Bertz CT molecular complexity index is 1290. The Morgan fingerprint density at radius 3 is 2.44 bits per heavy atom. The van der Waals surface area contributed by atoms with Gasteiger partial charge < -0.3 is 20.1 Å². The van der Waals surface area contributed by atoms with Gasteiger partial charge in [0.25, 0.3) is 0 Å². The van der Waals surface area contributed by atoms with Gasteiger partial charge in [-0.3, -0.25) is 14.4 Å². The van der Waals surface area contributed by atoms with Gasteiger partial charge in [-0.25, -0.2) is 9.18 Å². The van der Waals surface area contributed by atoms with Gasteiger partial charge in [-0.05, 0) is 35.9 Å². The van der Waals surface area contributed by atoms with Crippen molar-refractivity contribution in [2.75, 3.05) is 25.3 Å². The fraction of sp³-hybridized carbons (Fsp3) is 0.208. The maximum Gasteiger partial charge on any atom is 0.337 e. The van der Waals surface area contributed by atoms with E-state index in [1.807, 2.05) is 6.07 Å². The first-order valence-electron chi connectivity index (χ1n) is 10.3. The molecule has 0 aliphatic carbocycles. The number of anilines is 1. The van der Waals surface area contributed by atoms with E-state index >= 15 is 0 Å². The summed E-state index contributed by atoms with van der Waals surface area (Å²) in [6.45, 7) is 0. The van der Waals surface area contributed by atoms with E-state index in [1.165, 1.54) is 43.5 Å². The second-order valence-corrected chi connectivity index (χ2v) is 8.79. The van der Waals surface area contributed by atoms with E-state index < -0.39 is 41.4 Å². The van der Waals surface area contributed by atoms with Crippen molar-refractivity contribution in [3.8, 4) is 6.07 Å². The molecule has 0 aromatic heterocycles. The van der Waals surface area contributed by atoms with E-state index in [2.05, 4.69) is 15.4 Å². The fourth-order valence-corrected chi connectivity index (χ4v) is 4.56. The molecule has 9 nitrogen and oxygen atoms in total. The molecule has 2 amide bonds. The van der Waals surface area contributed by atoms with Crippen LogP contribution in [-0.4, -0.2) is 43.7 Å². The number of methoxy groups -OCH3 is 2. The molecule has 1 heterocycles. The summed E-state index contributed by atoms with van der Waals surface area (Å²) in [5.41, 5.74) is 0.959. The van der Waals surface area contributed by atoms with Gasteiger partial charge in [0.1, 0.15) is 11.7 Å². The third kappa shape index (κ3) is 5.84. The minimum absolute atomic E-state index is 0.0402. The van der Waals surface area contributed by atoms with Crippen molar-refractivity contribution >= 4 is 52.8 Å². The molecule has 2 aromatic rings. The van der Waals surface area contributed by atoms with Gasteiger partial charge >= 0.3 is 11.9 Å².